The summed E-state index contributed by atoms with van der Waals surface area (Å²) in [5.41, 5.74) is 5.79. The zero-order valence-electron chi connectivity index (χ0n) is 16.7. The number of sulfonamides is 1. The van der Waals surface area contributed by atoms with Gasteiger partial charge in [-0.2, -0.15) is 8.42 Å². The van der Waals surface area contributed by atoms with Crippen molar-refractivity contribution in [3.63, 3.8) is 0 Å². The molecule has 0 unspecified atom stereocenters. The molecule has 0 bridgehead atoms. The fraction of sp³-hybridized carbons (Fsp3) is 0.130. The van der Waals surface area contributed by atoms with E-state index in [0.717, 1.165) is 52.5 Å². The van der Waals surface area contributed by atoms with Crippen LogP contribution in [0.15, 0.2) is 71.6 Å². The maximum atomic E-state index is 11.8. The maximum absolute atomic E-state index is 11.8. The van der Waals surface area contributed by atoms with Gasteiger partial charge < -0.3 is 0 Å². The van der Waals surface area contributed by atoms with Crippen LogP contribution in [0.2, 0.25) is 0 Å². The molecule has 0 heterocycles. The quantitative estimate of drug-likeness (QED) is 0.580. The van der Waals surface area contributed by atoms with Crippen LogP contribution in [-0.2, 0) is 33.0 Å². The molecule has 0 amide bonds. The average molecular weight is 456 g/mol. The van der Waals surface area contributed by atoms with Crippen LogP contribution in [0.1, 0.15) is 27.8 Å². The molecule has 6 nitrogen and oxygen atoms in total. The summed E-state index contributed by atoms with van der Waals surface area (Å²) in [6.07, 6.45) is 4.52. The fourth-order valence-electron chi connectivity index (χ4n) is 3.83. The van der Waals surface area contributed by atoms with Crippen LogP contribution in [0.25, 0.3) is 11.6 Å². The molecular weight excluding hydrogens is 434 g/mol. The van der Waals surface area contributed by atoms with Gasteiger partial charge in [0.25, 0.3) is 10.1 Å². The topological polar surface area (TPSA) is 101 Å². The van der Waals surface area contributed by atoms with Gasteiger partial charge in [0.1, 0.15) is 0 Å². The fourth-order valence-corrected chi connectivity index (χ4v) is 4.89. The SMILES string of the molecule is CS(=O)(=O)Nc1cccc(/C=C2/c3ccccc3CCc3ccc(S(=O)(=O)O)cc32)c1. The molecule has 2 N–H and O–H groups in total. The van der Waals surface area contributed by atoms with E-state index in [-0.39, 0.29) is 4.90 Å². The monoisotopic (exact) mass is 455 g/mol. The van der Waals surface area contributed by atoms with Crippen molar-refractivity contribution in [2.24, 2.45) is 0 Å². The first-order valence-electron chi connectivity index (χ1n) is 9.59. The first-order chi connectivity index (χ1) is 14.6. The molecule has 1 aliphatic rings. The second kappa shape index (κ2) is 7.96. The minimum atomic E-state index is -4.35. The molecule has 0 aliphatic heterocycles. The number of fused-ring (bicyclic) bond motifs is 2. The highest BCUT2D eigenvalue weighted by Gasteiger charge is 2.21. The molecule has 0 fully saturated rings. The Bertz CT molecular complexity index is 1410. The van der Waals surface area contributed by atoms with Gasteiger partial charge in [0.15, 0.2) is 0 Å². The van der Waals surface area contributed by atoms with Crippen LogP contribution in [0, 0.1) is 0 Å². The van der Waals surface area contributed by atoms with Gasteiger partial charge in [0.2, 0.25) is 10.0 Å². The van der Waals surface area contributed by atoms with Gasteiger partial charge in [0.05, 0.1) is 11.2 Å². The molecule has 0 spiro atoms. The summed E-state index contributed by atoms with van der Waals surface area (Å²) < 4.78 is 58.8. The number of anilines is 1. The summed E-state index contributed by atoms with van der Waals surface area (Å²) in [6.45, 7) is 0. The van der Waals surface area contributed by atoms with Crippen LogP contribution in [0.5, 0.6) is 0 Å². The highest BCUT2D eigenvalue weighted by Crippen LogP contribution is 2.36. The predicted molar refractivity (Wildman–Crippen MR) is 122 cm³/mol. The average Bonchev–Trinajstić information content (AvgIpc) is 2.83. The van der Waals surface area contributed by atoms with Gasteiger partial charge in [0, 0.05) is 5.69 Å². The lowest BCUT2D eigenvalue weighted by molar-refractivity contribution is 0.483. The Morgan fingerprint density at radius 2 is 1.55 bits per heavy atom. The minimum Gasteiger partial charge on any atom is -0.284 e. The highest BCUT2D eigenvalue weighted by atomic mass is 32.2. The third-order valence-electron chi connectivity index (χ3n) is 5.14. The van der Waals surface area contributed by atoms with Crippen molar-refractivity contribution in [1.82, 2.24) is 0 Å². The standard InChI is InChI=1S/C23H21NO5S2/c1-30(25,26)24-19-7-4-5-16(13-19)14-23-21-8-3-2-6-17(21)9-10-18-11-12-20(15-22(18)23)31(27,28)29/h2-8,11-15,24H,9-10H2,1H3,(H,27,28,29)/b23-14-. The summed E-state index contributed by atoms with van der Waals surface area (Å²) in [5.74, 6) is 0. The van der Waals surface area contributed by atoms with E-state index in [1.807, 2.05) is 36.4 Å². The van der Waals surface area contributed by atoms with Gasteiger partial charge in [-0.25, -0.2) is 8.42 Å². The summed E-state index contributed by atoms with van der Waals surface area (Å²) >= 11 is 0. The van der Waals surface area contributed by atoms with Gasteiger partial charge in [-0.1, -0.05) is 42.5 Å². The van der Waals surface area contributed by atoms with Crippen LogP contribution in [-0.4, -0.2) is 27.6 Å². The van der Waals surface area contributed by atoms with E-state index >= 15 is 0 Å². The van der Waals surface area contributed by atoms with Crippen molar-refractivity contribution in [2.45, 2.75) is 17.7 Å². The molecule has 1 aliphatic carbocycles. The van der Waals surface area contributed by atoms with E-state index in [1.54, 1.807) is 24.3 Å². The van der Waals surface area contributed by atoms with Gasteiger partial charge in [-0.05, 0) is 76.6 Å². The summed E-state index contributed by atoms with van der Waals surface area (Å²) in [5, 5.41) is 0. The van der Waals surface area contributed by atoms with Gasteiger partial charge in [-0.3, -0.25) is 9.27 Å². The molecule has 0 saturated heterocycles. The Morgan fingerprint density at radius 1 is 0.839 bits per heavy atom. The third-order valence-corrected chi connectivity index (χ3v) is 6.60. The van der Waals surface area contributed by atoms with E-state index < -0.39 is 20.1 Å². The van der Waals surface area contributed by atoms with E-state index in [9.17, 15) is 21.4 Å². The summed E-state index contributed by atoms with van der Waals surface area (Å²) in [7, 11) is -7.77. The lowest BCUT2D eigenvalue weighted by Gasteiger charge is -2.14. The summed E-state index contributed by atoms with van der Waals surface area (Å²) in [4.78, 5) is -0.163. The Hall–Kier alpha value is -2.94. The molecule has 3 aromatic rings. The van der Waals surface area contributed by atoms with E-state index in [2.05, 4.69) is 4.72 Å². The molecule has 160 valence electrons. The normalized spacial score (nSPS) is 15.1. The van der Waals surface area contributed by atoms with Crippen molar-refractivity contribution in [1.29, 1.82) is 0 Å². The lowest BCUT2D eigenvalue weighted by atomic mass is 9.92. The van der Waals surface area contributed by atoms with Gasteiger partial charge in [-0.15, -0.1) is 0 Å². The Balaban J connectivity index is 1.93. The predicted octanol–water partition coefficient (Wildman–Crippen LogP) is 3.99. The number of nitrogens with one attached hydrogen (secondary N) is 1. The zero-order chi connectivity index (χ0) is 22.2. The molecule has 3 aromatic carbocycles. The number of hydrogen-bond acceptors (Lipinski definition) is 4. The van der Waals surface area contributed by atoms with E-state index in [1.165, 1.54) is 12.1 Å². The van der Waals surface area contributed by atoms with Crippen LogP contribution >= 0.6 is 0 Å². The lowest BCUT2D eigenvalue weighted by Crippen LogP contribution is -2.09. The minimum absolute atomic E-state index is 0.163. The van der Waals surface area contributed by atoms with E-state index in [0.29, 0.717) is 5.69 Å². The van der Waals surface area contributed by atoms with Crippen molar-refractivity contribution in [3.05, 3.63) is 94.5 Å². The summed E-state index contributed by atoms with van der Waals surface area (Å²) in [6, 6.07) is 19.5. The number of hydrogen-bond donors (Lipinski definition) is 2. The first-order valence-corrected chi connectivity index (χ1v) is 12.9. The van der Waals surface area contributed by atoms with Crippen LogP contribution in [0.3, 0.4) is 0 Å². The Labute approximate surface area is 182 Å². The largest absolute Gasteiger partial charge is 0.294 e. The Morgan fingerprint density at radius 3 is 2.26 bits per heavy atom. The molecule has 4 rings (SSSR count). The third kappa shape index (κ3) is 4.87. The highest BCUT2D eigenvalue weighted by molar-refractivity contribution is 7.92. The molecule has 0 saturated carbocycles. The second-order valence-electron chi connectivity index (χ2n) is 7.51. The molecule has 0 aromatic heterocycles. The molecule has 8 heteroatoms. The first kappa shape index (κ1) is 21.3. The molecule has 0 radical (unpaired) electrons. The number of benzene rings is 3. The Kier molecular flexibility index (Phi) is 5.47. The maximum Gasteiger partial charge on any atom is 0.294 e. The van der Waals surface area contributed by atoms with Crippen LogP contribution in [0.4, 0.5) is 5.69 Å². The second-order valence-corrected chi connectivity index (χ2v) is 10.7. The van der Waals surface area contributed by atoms with Crippen molar-refractivity contribution >= 4 is 37.5 Å². The van der Waals surface area contributed by atoms with Crippen molar-refractivity contribution < 1.29 is 21.4 Å². The smallest absolute Gasteiger partial charge is 0.284 e. The van der Waals surface area contributed by atoms with Gasteiger partial charge >= 0.3 is 0 Å². The van der Waals surface area contributed by atoms with Crippen LogP contribution < -0.4 is 4.72 Å². The molecule has 31 heavy (non-hydrogen) atoms. The molecular formula is C23H21NO5S2. The van der Waals surface area contributed by atoms with Crippen molar-refractivity contribution in [2.75, 3.05) is 11.0 Å². The molecule has 0 atom stereocenters. The number of aryl methyl sites for hydroxylation is 2. The van der Waals surface area contributed by atoms with Crippen molar-refractivity contribution in [3.8, 4) is 0 Å². The van der Waals surface area contributed by atoms with E-state index in [4.69, 9.17) is 0 Å². The number of rotatable bonds is 4. The zero-order valence-corrected chi connectivity index (χ0v) is 18.4.